The molecule has 112 valence electrons. The highest BCUT2D eigenvalue weighted by Crippen LogP contribution is 2.32. The van der Waals surface area contributed by atoms with Crippen LogP contribution in [0.25, 0.3) is 0 Å². The van der Waals surface area contributed by atoms with E-state index in [1.54, 1.807) is 0 Å². The quantitative estimate of drug-likeness (QED) is 0.566. The Morgan fingerprint density at radius 3 is 2.38 bits per heavy atom. The minimum absolute atomic E-state index is 0.207. The molecule has 0 saturated heterocycles. The third-order valence-electron chi connectivity index (χ3n) is 3.43. The maximum atomic E-state index is 5.71. The van der Waals surface area contributed by atoms with Crippen LogP contribution < -0.4 is 4.74 Å². The molecular formula is C19H23BrO. The SMILES string of the molecule is CCCOc1cccc(C(Br)c2ccc(CCC)cc2)c1. The molecule has 0 aliphatic rings. The molecule has 0 saturated carbocycles. The van der Waals surface area contributed by atoms with Crippen LogP contribution in [0.1, 0.15) is 48.2 Å². The van der Waals surface area contributed by atoms with E-state index in [9.17, 15) is 0 Å². The van der Waals surface area contributed by atoms with Gasteiger partial charge >= 0.3 is 0 Å². The normalized spacial score (nSPS) is 12.1. The summed E-state index contributed by atoms with van der Waals surface area (Å²) in [5.41, 5.74) is 3.91. The molecule has 2 aromatic rings. The van der Waals surface area contributed by atoms with E-state index in [1.807, 2.05) is 6.07 Å². The van der Waals surface area contributed by atoms with Crippen molar-refractivity contribution in [2.24, 2.45) is 0 Å². The molecule has 2 rings (SSSR count). The lowest BCUT2D eigenvalue weighted by molar-refractivity contribution is 0.317. The molecule has 0 radical (unpaired) electrons. The summed E-state index contributed by atoms with van der Waals surface area (Å²) in [7, 11) is 0. The summed E-state index contributed by atoms with van der Waals surface area (Å²) in [6, 6.07) is 17.2. The number of benzene rings is 2. The largest absolute Gasteiger partial charge is 0.494 e. The molecule has 0 aromatic heterocycles. The number of alkyl halides is 1. The van der Waals surface area contributed by atoms with Gasteiger partial charge in [-0.3, -0.25) is 0 Å². The first kappa shape index (κ1) is 16.1. The van der Waals surface area contributed by atoms with E-state index in [0.29, 0.717) is 0 Å². The second kappa shape index (κ2) is 8.23. The summed E-state index contributed by atoms with van der Waals surface area (Å²) < 4.78 is 5.71. The molecule has 1 nitrogen and oxygen atoms in total. The number of rotatable bonds is 7. The Morgan fingerprint density at radius 2 is 1.71 bits per heavy atom. The van der Waals surface area contributed by atoms with Crippen LogP contribution in [-0.2, 0) is 6.42 Å². The van der Waals surface area contributed by atoms with E-state index in [2.05, 4.69) is 72.2 Å². The number of ether oxygens (including phenoxy) is 1. The van der Waals surface area contributed by atoms with Gasteiger partial charge in [0.25, 0.3) is 0 Å². The number of hydrogen-bond donors (Lipinski definition) is 0. The Bertz CT molecular complexity index is 548. The van der Waals surface area contributed by atoms with Crippen LogP contribution >= 0.6 is 15.9 Å². The topological polar surface area (TPSA) is 9.23 Å². The van der Waals surface area contributed by atoms with Crippen LogP contribution in [0.2, 0.25) is 0 Å². The summed E-state index contributed by atoms with van der Waals surface area (Å²) in [6.07, 6.45) is 3.36. The summed E-state index contributed by atoms with van der Waals surface area (Å²) in [5.74, 6) is 0.946. The van der Waals surface area contributed by atoms with Crippen molar-refractivity contribution in [1.29, 1.82) is 0 Å². The van der Waals surface area contributed by atoms with Crippen LogP contribution in [0.4, 0.5) is 0 Å². The Morgan fingerprint density at radius 1 is 0.952 bits per heavy atom. The molecule has 2 aromatic carbocycles. The molecule has 0 amide bonds. The summed E-state index contributed by atoms with van der Waals surface area (Å²) in [6.45, 7) is 5.10. The van der Waals surface area contributed by atoms with Gasteiger partial charge in [-0.15, -0.1) is 0 Å². The van der Waals surface area contributed by atoms with Crippen molar-refractivity contribution >= 4 is 15.9 Å². The molecule has 21 heavy (non-hydrogen) atoms. The Hall–Kier alpha value is -1.28. The van der Waals surface area contributed by atoms with Gasteiger partial charge in [0, 0.05) is 0 Å². The van der Waals surface area contributed by atoms with E-state index >= 15 is 0 Å². The fourth-order valence-corrected chi connectivity index (χ4v) is 2.91. The number of hydrogen-bond acceptors (Lipinski definition) is 1. The first-order valence-corrected chi connectivity index (χ1v) is 8.61. The van der Waals surface area contributed by atoms with Gasteiger partial charge < -0.3 is 4.74 Å². The van der Waals surface area contributed by atoms with Gasteiger partial charge in [-0.2, -0.15) is 0 Å². The summed E-state index contributed by atoms with van der Waals surface area (Å²) >= 11 is 3.80. The van der Waals surface area contributed by atoms with E-state index in [0.717, 1.165) is 25.2 Å². The molecular weight excluding hydrogens is 324 g/mol. The highest BCUT2D eigenvalue weighted by molar-refractivity contribution is 9.09. The molecule has 0 bridgehead atoms. The fourth-order valence-electron chi connectivity index (χ4n) is 2.32. The lowest BCUT2D eigenvalue weighted by Gasteiger charge is -2.13. The van der Waals surface area contributed by atoms with Crippen molar-refractivity contribution in [3.63, 3.8) is 0 Å². The highest BCUT2D eigenvalue weighted by Gasteiger charge is 2.11. The standard InChI is InChI=1S/C19H23BrO/c1-3-6-15-9-11-16(12-10-15)19(20)17-7-5-8-18(14-17)21-13-4-2/h5,7-12,14,19H,3-4,6,13H2,1-2H3. The number of aryl methyl sites for hydroxylation is 1. The second-order valence-corrected chi connectivity index (χ2v) is 6.19. The molecule has 0 aliphatic heterocycles. The van der Waals surface area contributed by atoms with Crippen LogP contribution in [0.3, 0.4) is 0 Å². The molecule has 0 heterocycles. The van der Waals surface area contributed by atoms with Gasteiger partial charge in [0.05, 0.1) is 11.4 Å². The molecule has 0 N–H and O–H groups in total. The molecule has 2 heteroatoms. The lowest BCUT2D eigenvalue weighted by Crippen LogP contribution is -1.97. The molecule has 0 fully saturated rings. The highest BCUT2D eigenvalue weighted by atomic mass is 79.9. The smallest absolute Gasteiger partial charge is 0.119 e. The van der Waals surface area contributed by atoms with Crippen molar-refractivity contribution in [1.82, 2.24) is 0 Å². The second-order valence-electron chi connectivity index (χ2n) is 5.28. The Labute approximate surface area is 136 Å². The fraction of sp³-hybridized carbons (Fsp3) is 0.368. The van der Waals surface area contributed by atoms with Gasteiger partial charge in [-0.05, 0) is 41.7 Å². The maximum Gasteiger partial charge on any atom is 0.119 e. The van der Waals surface area contributed by atoms with Gasteiger partial charge in [0.2, 0.25) is 0 Å². The van der Waals surface area contributed by atoms with Crippen molar-refractivity contribution in [3.05, 3.63) is 65.2 Å². The van der Waals surface area contributed by atoms with E-state index in [-0.39, 0.29) is 4.83 Å². The molecule has 1 unspecified atom stereocenters. The van der Waals surface area contributed by atoms with Gasteiger partial charge in [0.15, 0.2) is 0 Å². The van der Waals surface area contributed by atoms with Gasteiger partial charge in [0.1, 0.15) is 5.75 Å². The monoisotopic (exact) mass is 346 g/mol. The van der Waals surface area contributed by atoms with Crippen molar-refractivity contribution < 1.29 is 4.74 Å². The predicted molar refractivity (Wildman–Crippen MR) is 93.4 cm³/mol. The zero-order valence-corrected chi connectivity index (χ0v) is 14.4. The average molecular weight is 347 g/mol. The van der Waals surface area contributed by atoms with Crippen molar-refractivity contribution in [3.8, 4) is 5.75 Å². The van der Waals surface area contributed by atoms with Crippen LogP contribution in [-0.4, -0.2) is 6.61 Å². The summed E-state index contributed by atoms with van der Waals surface area (Å²) in [4.78, 5) is 0.207. The third-order valence-corrected chi connectivity index (χ3v) is 4.49. The Kier molecular flexibility index (Phi) is 6.31. The van der Waals surface area contributed by atoms with E-state index < -0.39 is 0 Å². The van der Waals surface area contributed by atoms with Crippen LogP contribution in [0.5, 0.6) is 5.75 Å². The zero-order valence-electron chi connectivity index (χ0n) is 12.8. The van der Waals surface area contributed by atoms with Gasteiger partial charge in [-0.1, -0.05) is 72.6 Å². The zero-order chi connectivity index (χ0) is 15.1. The minimum Gasteiger partial charge on any atom is -0.494 e. The van der Waals surface area contributed by atoms with Gasteiger partial charge in [-0.25, -0.2) is 0 Å². The minimum atomic E-state index is 0.207. The van der Waals surface area contributed by atoms with Crippen molar-refractivity contribution in [2.45, 2.75) is 37.9 Å². The third kappa shape index (κ3) is 4.60. The van der Waals surface area contributed by atoms with Crippen LogP contribution in [0, 0.1) is 0 Å². The molecule has 0 spiro atoms. The number of halogens is 1. The average Bonchev–Trinajstić information content (AvgIpc) is 2.53. The van der Waals surface area contributed by atoms with E-state index in [4.69, 9.17) is 4.74 Å². The lowest BCUT2D eigenvalue weighted by atomic mass is 10.0. The first-order chi connectivity index (χ1) is 10.2. The summed E-state index contributed by atoms with van der Waals surface area (Å²) in [5, 5.41) is 0. The van der Waals surface area contributed by atoms with E-state index in [1.165, 1.54) is 23.1 Å². The van der Waals surface area contributed by atoms with Crippen molar-refractivity contribution in [2.75, 3.05) is 6.61 Å². The first-order valence-electron chi connectivity index (χ1n) is 7.70. The van der Waals surface area contributed by atoms with Crippen LogP contribution in [0.15, 0.2) is 48.5 Å². The Balaban J connectivity index is 2.13. The molecule has 0 aliphatic carbocycles. The molecule has 1 atom stereocenters. The predicted octanol–water partition coefficient (Wildman–Crippen LogP) is 5.91. The maximum absolute atomic E-state index is 5.71.